The number of hydrogen-bond acceptors (Lipinski definition) is 6. The number of hydrogen-bond donors (Lipinski definition) is 3. The Hall–Kier alpha value is -3.52. The molecule has 3 N–H and O–H groups in total. The number of rotatable bonds is 15. The Morgan fingerprint density at radius 1 is 0.974 bits per heavy atom. The zero-order valence-electron chi connectivity index (χ0n) is 22.4. The van der Waals surface area contributed by atoms with E-state index in [1.54, 1.807) is 0 Å². The molecule has 0 saturated carbocycles. The van der Waals surface area contributed by atoms with Crippen molar-refractivity contribution in [2.24, 2.45) is 5.92 Å². The van der Waals surface area contributed by atoms with Crippen molar-refractivity contribution in [3.8, 4) is 0 Å². The van der Waals surface area contributed by atoms with Crippen molar-refractivity contribution in [1.82, 2.24) is 10.6 Å². The summed E-state index contributed by atoms with van der Waals surface area (Å²) in [7, 11) is 2.96. The molecule has 2 amide bonds. The molecule has 0 unspecified atom stereocenters. The molecule has 2 aromatic rings. The number of Topliss-reactive ketones (excluding diaryl/α,β-unsaturated/α-hetero) is 2. The molecule has 1 aliphatic heterocycles. The van der Waals surface area contributed by atoms with Gasteiger partial charge in [-0.05, 0) is 42.4 Å². The summed E-state index contributed by atoms with van der Waals surface area (Å²) in [5.74, 6) is -1.94. The van der Waals surface area contributed by atoms with Crippen LogP contribution in [0.1, 0.15) is 48.8 Å². The van der Waals surface area contributed by atoms with Gasteiger partial charge in [-0.3, -0.25) is 19.2 Å². The molecular formula is C30H39N3O5. The third kappa shape index (κ3) is 8.80. The number of ketones is 2. The smallest absolute Gasteiger partial charge is 0.224 e. The minimum absolute atomic E-state index is 0.0182. The van der Waals surface area contributed by atoms with Gasteiger partial charge in [0.05, 0.1) is 12.5 Å². The molecule has 0 fully saturated rings. The summed E-state index contributed by atoms with van der Waals surface area (Å²) < 4.78 is 5.23. The number of amides is 2. The van der Waals surface area contributed by atoms with E-state index in [1.165, 1.54) is 19.7 Å². The lowest BCUT2D eigenvalue weighted by Gasteiger charge is -2.23. The fourth-order valence-electron chi connectivity index (χ4n) is 4.78. The van der Waals surface area contributed by atoms with Gasteiger partial charge < -0.3 is 20.7 Å². The second-order valence-corrected chi connectivity index (χ2v) is 9.77. The van der Waals surface area contributed by atoms with Gasteiger partial charge in [0, 0.05) is 52.1 Å². The monoisotopic (exact) mass is 521 g/mol. The fraction of sp³-hybridized carbons (Fsp3) is 0.467. The third-order valence-electron chi connectivity index (χ3n) is 6.93. The topological polar surface area (TPSA) is 114 Å². The maximum Gasteiger partial charge on any atom is 0.224 e. The minimum Gasteiger partial charge on any atom is -0.385 e. The summed E-state index contributed by atoms with van der Waals surface area (Å²) in [6, 6.07) is 14.9. The van der Waals surface area contributed by atoms with Crippen molar-refractivity contribution >= 4 is 29.1 Å². The number of carbonyl (C=O) groups excluding carboxylic acids is 4. The van der Waals surface area contributed by atoms with E-state index < -0.39 is 17.9 Å². The number of nitrogens with one attached hydrogen (secondary N) is 3. The number of anilines is 1. The average Bonchev–Trinajstić information content (AvgIpc) is 2.94. The van der Waals surface area contributed by atoms with E-state index in [2.05, 4.69) is 22.0 Å². The van der Waals surface area contributed by atoms with Crippen molar-refractivity contribution in [1.29, 1.82) is 0 Å². The predicted octanol–water partition coefficient (Wildman–Crippen LogP) is 3.02. The fourth-order valence-corrected chi connectivity index (χ4v) is 4.78. The lowest BCUT2D eigenvalue weighted by atomic mass is 9.93. The second kappa shape index (κ2) is 15.0. The number of methoxy groups -OCH3 is 1. The molecule has 2 aromatic carbocycles. The molecule has 1 aliphatic rings. The maximum atomic E-state index is 13.2. The van der Waals surface area contributed by atoms with Crippen LogP contribution in [0.4, 0.5) is 5.69 Å². The van der Waals surface area contributed by atoms with Crippen molar-refractivity contribution in [3.63, 3.8) is 0 Å². The first-order chi connectivity index (χ1) is 18.4. The van der Waals surface area contributed by atoms with E-state index in [9.17, 15) is 19.2 Å². The van der Waals surface area contributed by atoms with Gasteiger partial charge in [-0.25, -0.2) is 0 Å². The zero-order chi connectivity index (χ0) is 27.3. The van der Waals surface area contributed by atoms with Crippen LogP contribution in [0.2, 0.25) is 0 Å². The van der Waals surface area contributed by atoms with Gasteiger partial charge in [-0.2, -0.15) is 0 Å². The Labute approximate surface area is 224 Å². The highest BCUT2D eigenvalue weighted by Crippen LogP contribution is 2.27. The van der Waals surface area contributed by atoms with E-state index in [0.717, 1.165) is 36.2 Å². The highest BCUT2D eigenvalue weighted by molar-refractivity contribution is 5.94. The molecule has 0 saturated heterocycles. The van der Waals surface area contributed by atoms with Crippen LogP contribution in [0.25, 0.3) is 0 Å². The quantitative estimate of drug-likeness (QED) is 0.332. The van der Waals surface area contributed by atoms with Crippen LogP contribution in [0, 0.1) is 5.92 Å². The van der Waals surface area contributed by atoms with Crippen LogP contribution >= 0.6 is 0 Å². The molecule has 0 aliphatic carbocycles. The van der Waals surface area contributed by atoms with Crippen LogP contribution in [0.5, 0.6) is 0 Å². The SMILES string of the molecule is CNC(=O)C[C@H](CC(=O)CCc1ccccc1)C(=O)N[C@@H](COC)C(=O)CCc1cccc2c1NCCC2. The molecule has 8 nitrogen and oxygen atoms in total. The number of para-hydroxylation sites is 1. The number of fused-ring (bicyclic) bond motifs is 1. The Morgan fingerprint density at radius 2 is 1.76 bits per heavy atom. The Morgan fingerprint density at radius 3 is 2.50 bits per heavy atom. The van der Waals surface area contributed by atoms with E-state index in [4.69, 9.17) is 4.74 Å². The number of carbonyl (C=O) groups is 4. The van der Waals surface area contributed by atoms with E-state index in [1.807, 2.05) is 42.5 Å². The number of benzene rings is 2. The van der Waals surface area contributed by atoms with Gasteiger partial charge >= 0.3 is 0 Å². The summed E-state index contributed by atoms with van der Waals surface area (Å²) in [5, 5.41) is 8.73. The van der Waals surface area contributed by atoms with Crippen LogP contribution in [0.15, 0.2) is 48.5 Å². The number of aryl methyl sites for hydroxylation is 3. The average molecular weight is 522 g/mol. The maximum absolute atomic E-state index is 13.2. The molecule has 3 rings (SSSR count). The first-order valence-corrected chi connectivity index (χ1v) is 13.3. The van der Waals surface area contributed by atoms with Crippen LogP contribution in [0.3, 0.4) is 0 Å². The highest BCUT2D eigenvalue weighted by atomic mass is 16.5. The van der Waals surface area contributed by atoms with Crippen molar-refractivity contribution in [2.75, 3.05) is 32.6 Å². The second-order valence-electron chi connectivity index (χ2n) is 9.77. The first kappa shape index (κ1) is 29.0. The molecule has 38 heavy (non-hydrogen) atoms. The van der Waals surface area contributed by atoms with Crippen LogP contribution in [-0.2, 0) is 43.2 Å². The van der Waals surface area contributed by atoms with Crippen molar-refractivity contribution < 1.29 is 23.9 Å². The predicted molar refractivity (Wildman–Crippen MR) is 147 cm³/mol. The van der Waals surface area contributed by atoms with Gasteiger partial charge in [0.1, 0.15) is 11.8 Å². The van der Waals surface area contributed by atoms with Crippen LogP contribution < -0.4 is 16.0 Å². The Bertz CT molecular complexity index is 1100. The largest absolute Gasteiger partial charge is 0.385 e. The standard InChI is InChI=1S/C30H39N3O5/c1-31-28(36)19-24(18-25(34)15-13-21-8-4-3-5-9-21)30(37)33-26(20-38-2)27(35)16-14-23-11-6-10-22-12-7-17-32-29(22)23/h3-6,8-11,24,26,32H,7,12-20H2,1-2H3,(H,31,36)(H,33,37)/t24-,26-/m0/s1. The van der Waals surface area contributed by atoms with Crippen LogP contribution in [-0.4, -0.2) is 56.7 Å². The van der Waals surface area contributed by atoms with E-state index in [-0.39, 0.29) is 49.8 Å². The van der Waals surface area contributed by atoms with Gasteiger partial charge in [-0.1, -0.05) is 48.5 Å². The normalized spacial score (nSPS) is 13.9. The molecule has 1 heterocycles. The summed E-state index contributed by atoms with van der Waals surface area (Å²) >= 11 is 0. The Balaban J connectivity index is 1.61. The molecule has 8 heteroatoms. The van der Waals surface area contributed by atoms with Gasteiger partial charge in [-0.15, -0.1) is 0 Å². The zero-order valence-corrected chi connectivity index (χ0v) is 22.4. The molecule has 0 spiro atoms. The highest BCUT2D eigenvalue weighted by Gasteiger charge is 2.29. The van der Waals surface area contributed by atoms with Gasteiger partial charge in [0.25, 0.3) is 0 Å². The number of ether oxygens (including phenoxy) is 1. The summed E-state index contributed by atoms with van der Waals surface area (Å²) in [5.41, 5.74) is 4.49. The summed E-state index contributed by atoms with van der Waals surface area (Å²) in [6.45, 7) is 0.932. The van der Waals surface area contributed by atoms with Crippen molar-refractivity contribution in [3.05, 3.63) is 65.2 Å². The summed E-state index contributed by atoms with van der Waals surface area (Å²) in [4.78, 5) is 51.2. The van der Waals surface area contributed by atoms with Crippen molar-refractivity contribution in [2.45, 2.75) is 57.4 Å². The molecule has 0 bridgehead atoms. The molecule has 2 atom stereocenters. The Kier molecular flexibility index (Phi) is 11.5. The lowest BCUT2D eigenvalue weighted by Crippen LogP contribution is -2.47. The molecular weight excluding hydrogens is 482 g/mol. The summed E-state index contributed by atoms with van der Waals surface area (Å²) in [6.07, 6.45) is 3.53. The van der Waals surface area contributed by atoms with Gasteiger partial charge in [0.15, 0.2) is 5.78 Å². The molecule has 0 aromatic heterocycles. The molecule has 0 radical (unpaired) electrons. The minimum atomic E-state index is -0.865. The van der Waals surface area contributed by atoms with E-state index >= 15 is 0 Å². The molecule has 204 valence electrons. The van der Waals surface area contributed by atoms with E-state index in [0.29, 0.717) is 12.8 Å². The van der Waals surface area contributed by atoms with Gasteiger partial charge in [0.2, 0.25) is 11.8 Å². The first-order valence-electron chi connectivity index (χ1n) is 13.3. The lowest BCUT2D eigenvalue weighted by molar-refractivity contribution is -0.135. The third-order valence-corrected chi connectivity index (χ3v) is 6.93.